The molecule has 0 saturated heterocycles. The zero-order chi connectivity index (χ0) is 41.6. The van der Waals surface area contributed by atoms with E-state index in [0.717, 1.165) is 50.2 Å². The van der Waals surface area contributed by atoms with Crippen molar-refractivity contribution in [2.45, 2.75) is 12.1 Å². The van der Waals surface area contributed by atoms with Crippen LogP contribution in [0.15, 0.2) is 212 Å². The van der Waals surface area contributed by atoms with Crippen molar-refractivity contribution >= 4 is 17.5 Å². The van der Waals surface area contributed by atoms with Crippen molar-refractivity contribution in [3.63, 3.8) is 0 Å². The summed E-state index contributed by atoms with van der Waals surface area (Å²) in [6, 6.07) is 66.8. The maximum atomic E-state index is 14.3. The molecule has 2 N–H and O–H groups in total. The van der Waals surface area contributed by atoms with Gasteiger partial charge >= 0.3 is 0 Å². The molecule has 7 aromatic carbocycles. The Balaban J connectivity index is 1.05. The van der Waals surface area contributed by atoms with Crippen molar-refractivity contribution in [2.75, 3.05) is 4.90 Å². The van der Waals surface area contributed by atoms with E-state index in [9.17, 15) is 9.59 Å². The number of amides is 2. The molecular formula is C52H39N7O2. The van der Waals surface area contributed by atoms with Gasteiger partial charge in [-0.3, -0.25) is 14.6 Å². The summed E-state index contributed by atoms with van der Waals surface area (Å²) in [7, 11) is 0. The van der Waals surface area contributed by atoms with E-state index in [1.165, 1.54) is 0 Å². The Morgan fingerprint density at radius 3 is 1.72 bits per heavy atom. The summed E-state index contributed by atoms with van der Waals surface area (Å²) in [5.74, 6) is -0.320. The largest absolute Gasteiger partial charge is 0.366 e. The molecule has 0 fully saturated rings. The second kappa shape index (κ2) is 16.9. The Morgan fingerprint density at radius 1 is 0.557 bits per heavy atom. The molecule has 0 atom stereocenters. The van der Waals surface area contributed by atoms with E-state index in [1.54, 1.807) is 52.3 Å². The Labute approximate surface area is 353 Å². The molecule has 0 aliphatic carbocycles. The molecule has 9 heteroatoms. The van der Waals surface area contributed by atoms with E-state index < -0.39 is 11.4 Å². The first-order chi connectivity index (χ1) is 30.0. The predicted octanol–water partition coefficient (Wildman–Crippen LogP) is 9.86. The van der Waals surface area contributed by atoms with Crippen LogP contribution in [0.25, 0.3) is 33.8 Å². The second-order valence-corrected chi connectivity index (χ2v) is 14.6. The first-order valence-corrected chi connectivity index (χ1v) is 19.9. The average Bonchev–Trinajstić information content (AvgIpc) is 3.83. The van der Waals surface area contributed by atoms with Crippen LogP contribution in [0.2, 0.25) is 0 Å². The predicted molar refractivity (Wildman–Crippen MR) is 238 cm³/mol. The quantitative estimate of drug-likeness (QED) is 0.123. The number of carbonyl (C=O) groups excluding carboxylic acids is 2. The minimum absolute atomic E-state index is 0.227. The summed E-state index contributed by atoms with van der Waals surface area (Å²) in [5.41, 5.74) is 14.4. The number of hydrogen-bond donors (Lipinski definition) is 1. The van der Waals surface area contributed by atoms with E-state index in [4.69, 9.17) is 21.1 Å². The SMILES string of the molecule is NC(=O)c1cccc(N(Cc2ccc(-c3ccccc3-c3nnn(C(c4ccccc4)(c4ccccc4)c4ccccc4)n3)cc2)C(=O)c2ccc(-c3ccccn3)cc2)c1. The summed E-state index contributed by atoms with van der Waals surface area (Å²) >= 11 is 0. The van der Waals surface area contributed by atoms with Crippen molar-refractivity contribution < 1.29 is 9.59 Å². The number of rotatable bonds is 12. The van der Waals surface area contributed by atoms with Crippen LogP contribution in [0.4, 0.5) is 5.69 Å². The highest BCUT2D eigenvalue weighted by Gasteiger charge is 2.41. The fourth-order valence-electron chi connectivity index (χ4n) is 7.83. The van der Waals surface area contributed by atoms with E-state index in [0.29, 0.717) is 22.6 Å². The van der Waals surface area contributed by atoms with Gasteiger partial charge < -0.3 is 10.6 Å². The zero-order valence-corrected chi connectivity index (χ0v) is 33.0. The first kappa shape index (κ1) is 38.2. The maximum absolute atomic E-state index is 14.3. The van der Waals surface area contributed by atoms with Gasteiger partial charge in [-0.15, -0.1) is 15.0 Å². The number of benzene rings is 7. The standard InChI is InChI=1S/C52H39N7O2/c53-49(60)41-15-14-22-45(35-41)58(51(61)40-32-30-39(31-33-40)48-25-12-13-34-54-48)36-37-26-28-38(29-27-37)46-23-10-11-24-47(46)50-55-57-59(56-50)52(42-16-4-1-5-17-42,43-18-6-2-7-19-43)44-20-8-3-9-21-44/h1-35H,36H2,(H2,53,60). The number of nitrogens with zero attached hydrogens (tertiary/aromatic N) is 6. The molecule has 0 bridgehead atoms. The topological polar surface area (TPSA) is 120 Å². The van der Waals surface area contributed by atoms with Gasteiger partial charge in [0.2, 0.25) is 11.7 Å². The number of aromatic nitrogens is 5. The molecule has 2 aromatic heterocycles. The monoisotopic (exact) mass is 793 g/mol. The normalized spacial score (nSPS) is 11.2. The number of anilines is 1. The molecule has 2 heterocycles. The fourth-order valence-corrected chi connectivity index (χ4v) is 7.83. The zero-order valence-electron chi connectivity index (χ0n) is 33.0. The van der Waals surface area contributed by atoms with Crippen molar-refractivity contribution in [3.05, 3.63) is 246 Å². The lowest BCUT2D eigenvalue weighted by Crippen LogP contribution is -2.39. The number of nitrogens with two attached hydrogens (primary N) is 1. The molecule has 294 valence electrons. The Hall–Kier alpha value is -8.30. The number of hydrogen-bond acceptors (Lipinski definition) is 6. The molecule has 9 aromatic rings. The Kier molecular flexibility index (Phi) is 10.6. The molecular weight excluding hydrogens is 755 g/mol. The van der Waals surface area contributed by atoms with Crippen LogP contribution in [0.3, 0.4) is 0 Å². The Bertz CT molecular complexity index is 2820. The number of primary amides is 1. The van der Waals surface area contributed by atoms with E-state index >= 15 is 0 Å². The van der Waals surface area contributed by atoms with E-state index in [1.807, 2.05) is 133 Å². The average molecular weight is 794 g/mol. The lowest BCUT2D eigenvalue weighted by Gasteiger charge is -2.34. The van der Waals surface area contributed by atoms with Crippen LogP contribution >= 0.6 is 0 Å². The van der Waals surface area contributed by atoms with Crippen LogP contribution in [0.5, 0.6) is 0 Å². The summed E-state index contributed by atoms with van der Waals surface area (Å²) in [5, 5.41) is 14.6. The van der Waals surface area contributed by atoms with Gasteiger partial charge in [0, 0.05) is 34.1 Å². The van der Waals surface area contributed by atoms with Gasteiger partial charge in [-0.25, -0.2) is 0 Å². The van der Waals surface area contributed by atoms with Gasteiger partial charge in [-0.05, 0) is 81.1 Å². The lowest BCUT2D eigenvalue weighted by atomic mass is 9.77. The highest BCUT2D eigenvalue weighted by molar-refractivity contribution is 6.07. The van der Waals surface area contributed by atoms with Crippen molar-refractivity contribution in [3.8, 4) is 33.8 Å². The molecule has 0 spiro atoms. The molecule has 0 aliphatic heterocycles. The molecule has 0 unspecified atom stereocenters. The van der Waals surface area contributed by atoms with Crippen LogP contribution in [0.1, 0.15) is 43.0 Å². The molecule has 61 heavy (non-hydrogen) atoms. The van der Waals surface area contributed by atoms with Crippen LogP contribution in [-0.4, -0.2) is 37.0 Å². The molecule has 2 amide bonds. The van der Waals surface area contributed by atoms with Gasteiger partial charge in [0.1, 0.15) is 0 Å². The molecule has 0 saturated carbocycles. The second-order valence-electron chi connectivity index (χ2n) is 14.6. The lowest BCUT2D eigenvalue weighted by molar-refractivity contribution is 0.0979. The summed E-state index contributed by atoms with van der Waals surface area (Å²) in [6.07, 6.45) is 1.74. The van der Waals surface area contributed by atoms with Gasteiger partial charge in [-0.1, -0.05) is 164 Å². The van der Waals surface area contributed by atoms with Crippen molar-refractivity contribution in [1.82, 2.24) is 25.2 Å². The summed E-state index contributed by atoms with van der Waals surface area (Å²) in [4.78, 5) is 34.3. The minimum Gasteiger partial charge on any atom is -0.366 e. The number of tetrazole rings is 1. The third-order valence-electron chi connectivity index (χ3n) is 10.8. The first-order valence-electron chi connectivity index (χ1n) is 19.9. The Morgan fingerprint density at radius 2 is 1.13 bits per heavy atom. The molecule has 9 rings (SSSR count). The van der Waals surface area contributed by atoms with Gasteiger partial charge in [0.05, 0.1) is 12.2 Å². The van der Waals surface area contributed by atoms with Crippen LogP contribution < -0.4 is 10.6 Å². The molecule has 0 aliphatic rings. The van der Waals surface area contributed by atoms with Crippen molar-refractivity contribution in [1.29, 1.82) is 0 Å². The highest BCUT2D eigenvalue weighted by Crippen LogP contribution is 2.40. The van der Waals surface area contributed by atoms with Crippen LogP contribution in [0, 0.1) is 0 Å². The van der Waals surface area contributed by atoms with Gasteiger partial charge in [-0.2, -0.15) is 0 Å². The highest BCUT2D eigenvalue weighted by atomic mass is 16.2. The van der Waals surface area contributed by atoms with Crippen LogP contribution in [-0.2, 0) is 12.1 Å². The third-order valence-corrected chi connectivity index (χ3v) is 10.8. The summed E-state index contributed by atoms with van der Waals surface area (Å²) < 4.78 is 0. The third kappa shape index (κ3) is 7.59. The summed E-state index contributed by atoms with van der Waals surface area (Å²) in [6.45, 7) is 0.237. The smallest absolute Gasteiger partial charge is 0.258 e. The van der Waals surface area contributed by atoms with Crippen molar-refractivity contribution in [2.24, 2.45) is 5.73 Å². The van der Waals surface area contributed by atoms with Gasteiger partial charge in [0.15, 0.2) is 5.54 Å². The van der Waals surface area contributed by atoms with E-state index in [2.05, 4.69) is 41.4 Å². The van der Waals surface area contributed by atoms with Gasteiger partial charge in [0.25, 0.3) is 5.91 Å². The molecule has 9 nitrogen and oxygen atoms in total. The number of carbonyl (C=O) groups is 2. The van der Waals surface area contributed by atoms with E-state index in [-0.39, 0.29) is 12.5 Å². The fraction of sp³-hybridized carbons (Fsp3) is 0.0385. The minimum atomic E-state index is -0.910. The number of pyridine rings is 1. The molecule has 0 radical (unpaired) electrons. The maximum Gasteiger partial charge on any atom is 0.258 e.